The second kappa shape index (κ2) is 4.97. The van der Waals surface area contributed by atoms with Crippen molar-refractivity contribution in [3.05, 3.63) is 12.2 Å². The summed E-state index contributed by atoms with van der Waals surface area (Å²) in [6.07, 6.45) is 3.65. The van der Waals surface area contributed by atoms with E-state index in [0.29, 0.717) is 6.42 Å². The van der Waals surface area contributed by atoms with Crippen molar-refractivity contribution in [1.82, 2.24) is 0 Å². The third-order valence-electron chi connectivity index (χ3n) is 2.57. The van der Waals surface area contributed by atoms with Crippen molar-refractivity contribution in [1.29, 1.82) is 0 Å². The van der Waals surface area contributed by atoms with Crippen LogP contribution in [-0.2, 0) is 9.53 Å². The van der Waals surface area contributed by atoms with Crippen molar-refractivity contribution >= 4 is 14.0 Å². The van der Waals surface area contributed by atoms with Crippen LogP contribution in [0.2, 0.25) is 25.7 Å². The molecule has 1 unspecified atom stereocenters. The molecule has 2 nitrogen and oxygen atoms in total. The van der Waals surface area contributed by atoms with Gasteiger partial charge < -0.3 is 4.74 Å². The van der Waals surface area contributed by atoms with E-state index >= 15 is 0 Å². The van der Waals surface area contributed by atoms with E-state index in [0.717, 1.165) is 19.3 Å². The summed E-state index contributed by atoms with van der Waals surface area (Å²) in [4.78, 5) is 10.9. The molecule has 1 heterocycles. The fourth-order valence-corrected chi connectivity index (χ4v) is 3.67. The van der Waals surface area contributed by atoms with E-state index in [4.69, 9.17) is 4.74 Å². The molecule has 1 fully saturated rings. The third kappa shape index (κ3) is 5.16. The normalized spacial score (nSPS) is 21.5. The highest BCUT2D eigenvalue weighted by Crippen LogP contribution is 2.23. The summed E-state index contributed by atoms with van der Waals surface area (Å²) in [5.74, 6) is -0.0317. The number of carbonyl (C=O) groups is 1. The van der Waals surface area contributed by atoms with Crippen molar-refractivity contribution in [2.24, 2.45) is 0 Å². The van der Waals surface area contributed by atoms with Crippen molar-refractivity contribution < 1.29 is 9.53 Å². The Hall–Kier alpha value is -0.573. The first-order valence-electron chi connectivity index (χ1n) is 5.73. The van der Waals surface area contributed by atoms with Crippen LogP contribution in [-0.4, -0.2) is 20.1 Å². The molecule has 1 atom stereocenters. The molecule has 0 aromatic rings. The predicted molar refractivity (Wildman–Crippen MR) is 65.6 cm³/mol. The summed E-state index contributed by atoms with van der Waals surface area (Å²) in [5, 5.41) is 0. The molecular weight excluding hydrogens is 204 g/mol. The average molecular weight is 226 g/mol. The van der Waals surface area contributed by atoms with Crippen LogP contribution in [0.3, 0.4) is 0 Å². The van der Waals surface area contributed by atoms with Gasteiger partial charge in [-0.15, -0.1) is 6.58 Å². The summed E-state index contributed by atoms with van der Waals surface area (Å²) >= 11 is 0. The maximum atomic E-state index is 10.9. The first-order valence-corrected chi connectivity index (χ1v) is 9.44. The molecule has 0 saturated carbocycles. The second-order valence-electron chi connectivity index (χ2n) is 5.68. The predicted octanol–water partition coefficient (Wildman–Crippen LogP) is 3.37. The fraction of sp³-hybridized carbons (Fsp3) is 0.750. The number of ether oxygens (including phenoxy) is 1. The molecule has 0 spiro atoms. The molecule has 1 aliphatic heterocycles. The summed E-state index contributed by atoms with van der Waals surface area (Å²) in [6.45, 7) is 11.2. The molecule has 0 bridgehead atoms. The van der Waals surface area contributed by atoms with Crippen LogP contribution in [0.15, 0.2) is 12.2 Å². The quantitative estimate of drug-likeness (QED) is 0.408. The second-order valence-corrected chi connectivity index (χ2v) is 11.2. The largest absolute Gasteiger partial charge is 0.462 e. The van der Waals surface area contributed by atoms with Gasteiger partial charge in [0.05, 0.1) is 0 Å². The number of esters is 1. The first-order chi connectivity index (χ1) is 6.87. The third-order valence-corrected chi connectivity index (χ3v) is 4.13. The van der Waals surface area contributed by atoms with Gasteiger partial charge in [-0.3, -0.25) is 4.79 Å². The van der Waals surface area contributed by atoms with Gasteiger partial charge in [-0.25, -0.2) is 0 Å². The minimum atomic E-state index is -1.02. The standard InChI is InChI=1S/C12H22O2Si/c1-10(9-15(2,3)4)5-6-11-7-8-12(13)14-11/h11H,1,5-9H2,2-4H3. The van der Waals surface area contributed by atoms with Crippen LogP contribution in [0.5, 0.6) is 0 Å². The van der Waals surface area contributed by atoms with Gasteiger partial charge in [0.1, 0.15) is 6.10 Å². The van der Waals surface area contributed by atoms with Crippen LogP contribution in [0, 0.1) is 0 Å². The van der Waals surface area contributed by atoms with Crippen LogP contribution < -0.4 is 0 Å². The van der Waals surface area contributed by atoms with Gasteiger partial charge in [-0.2, -0.15) is 0 Å². The highest BCUT2D eigenvalue weighted by atomic mass is 28.3. The number of carbonyl (C=O) groups excluding carboxylic acids is 1. The highest BCUT2D eigenvalue weighted by Gasteiger charge is 2.23. The first kappa shape index (κ1) is 12.5. The van der Waals surface area contributed by atoms with E-state index in [1.165, 1.54) is 11.6 Å². The Balaban J connectivity index is 2.20. The molecule has 0 radical (unpaired) electrons. The van der Waals surface area contributed by atoms with Crippen LogP contribution in [0.1, 0.15) is 25.7 Å². The zero-order chi connectivity index (χ0) is 11.5. The van der Waals surface area contributed by atoms with Crippen LogP contribution in [0.4, 0.5) is 0 Å². The number of allylic oxidation sites excluding steroid dienone is 1. The molecule has 0 aromatic carbocycles. The molecule has 86 valence electrons. The number of hydrogen-bond acceptors (Lipinski definition) is 2. The fourth-order valence-electron chi connectivity index (χ4n) is 1.99. The van der Waals surface area contributed by atoms with Gasteiger partial charge in [0.2, 0.25) is 0 Å². The Kier molecular flexibility index (Phi) is 4.14. The SMILES string of the molecule is C=C(CCC1CCC(=O)O1)C[Si](C)(C)C. The van der Waals surface area contributed by atoms with Gasteiger partial charge in [0.15, 0.2) is 0 Å². The summed E-state index contributed by atoms with van der Waals surface area (Å²) < 4.78 is 5.17. The van der Waals surface area contributed by atoms with Crippen molar-refractivity contribution in [3.8, 4) is 0 Å². The van der Waals surface area contributed by atoms with E-state index in [2.05, 4.69) is 26.2 Å². The Morgan fingerprint density at radius 2 is 2.20 bits per heavy atom. The summed E-state index contributed by atoms with van der Waals surface area (Å²) in [7, 11) is -1.02. The van der Waals surface area contributed by atoms with Crippen molar-refractivity contribution in [2.45, 2.75) is 57.5 Å². The van der Waals surface area contributed by atoms with Crippen molar-refractivity contribution in [2.75, 3.05) is 0 Å². The highest BCUT2D eigenvalue weighted by molar-refractivity contribution is 6.76. The zero-order valence-corrected chi connectivity index (χ0v) is 11.1. The lowest BCUT2D eigenvalue weighted by Gasteiger charge is -2.18. The maximum Gasteiger partial charge on any atom is 0.306 e. The van der Waals surface area contributed by atoms with Crippen LogP contribution >= 0.6 is 0 Å². The molecule has 1 aliphatic rings. The lowest BCUT2D eigenvalue weighted by atomic mass is 10.1. The molecule has 0 N–H and O–H groups in total. The minimum Gasteiger partial charge on any atom is -0.462 e. The monoisotopic (exact) mass is 226 g/mol. The topological polar surface area (TPSA) is 26.3 Å². The van der Waals surface area contributed by atoms with E-state index in [1.54, 1.807) is 0 Å². The Labute approximate surface area is 93.7 Å². The Morgan fingerprint density at radius 1 is 1.53 bits per heavy atom. The number of rotatable bonds is 5. The van der Waals surface area contributed by atoms with Gasteiger partial charge in [0.25, 0.3) is 0 Å². The van der Waals surface area contributed by atoms with Crippen LogP contribution in [0.25, 0.3) is 0 Å². The molecule has 0 aliphatic carbocycles. The number of cyclic esters (lactones) is 1. The van der Waals surface area contributed by atoms with Crippen molar-refractivity contribution in [3.63, 3.8) is 0 Å². The summed E-state index contributed by atoms with van der Waals surface area (Å²) in [5.41, 5.74) is 1.33. The number of hydrogen-bond donors (Lipinski definition) is 0. The zero-order valence-electron chi connectivity index (χ0n) is 10.1. The molecule has 1 rings (SSSR count). The van der Waals surface area contributed by atoms with Gasteiger partial charge in [0, 0.05) is 14.5 Å². The molecule has 0 amide bonds. The maximum absolute atomic E-state index is 10.9. The van der Waals surface area contributed by atoms with Gasteiger partial charge >= 0.3 is 5.97 Å². The smallest absolute Gasteiger partial charge is 0.306 e. The van der Waals surface area contributed by atoms with Gasteiger partial charge in [-0.05, 0) is 25.3 Å². The minimum absolute atomic E-state index is 0.0317. The Morgan fingerprint density at radius 3 is 2.67 bits per heavy atom. The van der Waals surface area contributed by atoms with Gasteiger partial charge in [-0.1, -0.05) is 25.2 Å². The van der Waals surface area contributed by atoms with E-state index in [1.807, 2.05) is 0 Å². The van der Waals surface area contributed by atoms with E-state index in [9.17, 15) is 4.79 Å². The van der Waals surface area contributed by atoms with E-state index in [-0.39, 0.29) is 12.1 Å². The summed E-state index contributed by atoms with van der Waals surface area (Å²) in [6, 6.07) is 1.19. The molecule has 3 heteroatoms. The molecule has 1 saturated heterocycles. The molecular formula is C12H22O2Si. The van der Waals surface area contributed by atoms with E-state index < -0.39 is 8.07 Å². The molecule has 15 heavy (non-hydrogen) atoms. The average Bonchev–Trinajstić information content (AvgIpc) is 2.45. The lowest BCUT2D eigenvalue weighted by molar-refractivity contribution is -0.141. The molecule has 0 aromatic heterocycles. The lowest BCUT2D eigenvalue weighted by Crippen LogP contribution is -2.20. The Bertz CT molecular complexity index is 253.